The van der Waals surface area contributed by atoms with E-state index in [4.69, 9.17) is 11.6 Å². The fourth-order valence-corrected chi connectivity index (χ4v) is 4.64. The standard InChI is InChI=1S/C26H27ClN8O/c1-3-5-9-22-17-35(25-23(27)11-13-33(25)4-2)26(36)34(22)16-21-15-19(10-12-28-21)18-7-6-8-20(14-18)24-29-31-32-30-24/h6-8,10-15,17H,3-5,9,16H2,1-2H3,(H,29,30,31,32). The Hall–Kier alpha value is -3.98. The molecule has 0 aliphatic carbocycles. The predicted molar refractivity (Wildman–Crippen MR) is 139 cm³/mol. The molecular weight excluding hydrogens is 476 g/mol. The summed E-state index contributed by atoms with van der Waals surface area (Å²) in [5.74, 6) is 1.23. The van der Waals surface area contributed by atoms with Gasteiger partial charge in [0.05, 0.1) is 17.3 Å². The predicted octanol–water partition coefficient (Wildman–Crippen LogP) is 4.75. The highest BCUT2D eigenvalue weighted by atomic mass is 35.5. The SMILES string of the molecule is CCCCc1cn(-c2c(Cl)ccn2CC)c(=O)n1Cc1cc(-c2cccc(-c3nn[nH]n3)c2)ccn1. The van der Waals surface area contributed by atoms with Crippen LogP contribution in [0.2, 0.25) is 5.02 Å². The van der Waals surface area contributed by atoms with E-state index in [1.54, 1.807) is 15.3 Å². The van der Waals surface area contributed by atoms with Crippen LogP contribution in [0.3, 0.4) is 0 Å². The molecule has 1 aromatic carbocycles. The molecule has 4 aromatic heterocycles. The molecule has 0 spiro atoms. The number of rotatable bonds is 9. The molecule has 0 saturated heterocycles. The maximum absolute atomic E-state index is 13.6. The highest BCUT2D eigenvalue weighted by molar-refractivity contribution is 6.32. The number of aryl methyl sites for hydroxylation is 2. The van der Waals surface area contributed by atoms with Crippen molar-refractivity contribution in [2.75, 3.05) is 0 Å². The highest BCUT2D eigenvalue weighted by Crippen LogP contribution is 2.25. The van der Waals surface area contributed by atoms with E-state index in [1.807, 2.05) is 66.3 Å². The van der Waals surface area contributed by atoms with Crippen molar-refractivity contribution in [2.24, 2.45) is 0 Å². The number of H-pyrrole nitrogens is 1. The number of nitrogens with one attached hydrogen (secondary N) is 1. The van der Waals surface area contributed by atoms with Crippen molar-refractivity contribution in [3.8, 4) is 28.3 Å². The monoisotopic (exact) mass is 502 g/mol. The molecule has 10 heteroatoms. The Kier molecular flexibility index (Phi) is 6.81. The van der Waals surface area contributed by atoms with E-state index in [2.05, 4.69) is 32.5 Å². The Morgan fingerprint density at radius 1 is 1.06 bits per heavy atom. The van der Waals surface area contributed by atoms with E-state index in [0.29, 0.717) is 23.2 Å². The molecule has 5 rings (SSSR count). The Labute approximate surface area is 213 Å². The lowest BCUT2D eigenvalue weighted by atomic mass is 10.0. The minimum absolute atomic E-state index is 0.122. The van der Waals surface area contributed by atoms with E-state index < -0.39 is 0 Å². The topological polar surface area (TPSA) is 99.2 Å². The lowest BCUT2D eigenvalue weighted by Gasteiger charge is -2.09. The van der Waals surface area contributed by atoms with Gasteiger partial charge in [0.15, 0.2) is 0 Å². The van der Waals surface area contributed by atoms with Crippen LogP contribution >= 0.6 is 11.6 Å². The number of hydrogen-bond donors (Lipinski definition) is 1. The van der Waals surface area contributed by atoms with Crippen LogP contribution in [-0.2, 0) is 19.5 Å². The quantitative estimate of drug-likeness (QED) is 0.313. The van der Waals surface area contributed by atoms with Crippen molar-refractivity contribution in [3.63, 3.8) is 0 Å². The Morgan fingerprint density at radius 2 is 1.89 bits per heavy atom. The van der Waals surface area contributed by atoms with Gasteiger partial charge < -0.3 is 4.57 Å². The highest BCUT2D eigenvalue weighted by Gasteiger charge is 2.18. The number of hydrogen-bond acceptors (Lipinski definition) is 5. The smallest absolute Gasteiger partial charge is 0.333 e. The summed E-state index contributed by atoms with van der Waals surface area (Å²) in [5, 5.41) is 14.8. The van der Waals surface area contributed by atoms with Crippen molar-refractivity contribution >= 4 is 11.6 Å². The zero-order valence-electron chi connectivity index (χ0n) is 20.2. The second kappa shape index (κ2) is 10.3. The molecule has 0 aliphatic heterocycles. The molecule has 0 bridgehead atoms. The van der Waals surface area contributed by atoms with Gasteiger partial charge in [0, 0.05) is 36.4 Å². The Morgan fingerprint density at radius 3 is 2.67 bits per heavy atom. The molecule has 5 aromatic rings. The van der Waals surface area contributed by atoms with E-state index in [0.717, 1.165) is 53.9 Å². The summed E-state index contributed by atoms with van der Waals surface area (Å²) in [7, 11) is 0. The van der Waals surface area contributed by atoms with E-state index in [-0.39, 0.29) is 5.69 Å². The maximum atomic E-state index is 13.6. The summed E-state index contributed by atoms with van der Waals surface area (Å²) in [6.45, 7) is 5.26. The molecule has 0 saturated carbocycles. The summed E-state index contributed by atoms with van der Waals surface area (Å²) in [6, 6.07) is 13.7. The zero-order valence-corrected chi connectivity index (χ0v) is 21.0. The molecule has 4 heterocycles. The van der Waals surface area contributed by atoms with Gasteiger partial charge in [-0.2, -0.15) is 5.21 Å². The zero-order chi connectivity index (χ0) is 25.1. The summed E-state index contributed by atoms with van der Waals surface area (Å²) < 4.78 is 5.45. The summed E-state index contributed by atoms with van der Waals surface area (Å²) in [5.41, 5.74) is 4.51. The van der Waals surface area contributed by atoms with Gasteiger partial charge in [0.25, 0.3) is 0 Å². The summed E-state index contributed by atoms with van der Waals surface area (Å²) >= 11 is 6.48. The van der Waals surface area contributed by atoms with E-state index in [9.17, 15) is 4.79 Å². The maximum Gasteiger partial charge on any atom is 0.334 e. The molecule has 0 unspecified atom stereocenters. The number of pyridine rings is 1. The normalized spacial score (nSPS) is 11.3. The third-order valence-electron chi connectivity index (χ3n) is 6.24. The van der Waals surface area contributed by atoms with Crippen molar-refractivity contribution in [2.45, 2.75) is 46.2 Å². The second-order valence-electron chi connectivity index (χ2n) is 8.59. The number of tetrazole rings is 1. The average molecular weight is 503 g/mol. The summed E-state index contributed by atoms with van der Waals surface area (Å²) in [6.07, 6.45) is 8.43. The third kappa shape index (κ3) is 4.61. The van der Waals surface area contributed by atoms with Crippen LogP contribution in [0.15, 0.2) is 65.8 Å². The summed E-state index contributed by atoms with van der Waals surface area (Å²) in [4.78, 5) is 18.2. The molecule has 0 radical (unpaired) electrons. The molecule has 0 fully saturated rings. The molecule has 36 heavy (non-hydrogen) atoms. The fourth-order valence-electron chi connectivity index (χ4n) is 4.38. The molecule has 1 N–H and O–H groups in total. The minimum atomic E-state index is -0.122. The first-order valence-corrected chi connectivity index (χ1v) is 12.4. The molecular formula is C26H27ClN8O. The fraction of sp³-hybridized carbons (Fsp3) is 0.269. The number of imidazole rings is 1. The molecule has 0 aliphatic rings. The van der Waals surface area contributed by atoms with E-state index >= 15 is 0 Å². The van der Waals surface area contributed by atoms with Gasteiger partial charge >= 0.3 is 5.69 Å². The first-order valence-electron chi connectivity index (χ1n) is 12.0. The van der Waals surface area contributed by atoms with Gasteiger partial charge in [-0.05, 0) is 60.4 Å². The van der Waals surface area contributed by atoms with Crippen molar-refractivity contribution < 1.29 is 0 Å². The van der Waals surface area contributed by atoms with Gasteiger partial charge in [-0.25, -0.2) is 4.79 Å². The first kappa shape index (κ1) is 23.7. The largest absolute Gasteiger partial charge is 0.334 e. The lowest BCUT2D eigenvalue weighted by molar-refractivity contribution is 0.657. The van der Waals surface area contributed by atoms with Crippen LogP contribution < -0.4 is 5.69 Å². The Balaban J connectivity index is 1.51. The molecule has 0 atom stereocenters. The number of nitrogens with zero attached hydrogens (tertiary/aromatic N) is 7. The van der Waals surface area contributed by atoms with Crippen LogP contribution in [0.1, 0.15) is 38.1 Å². The molecule has 0 amide bonds. The van der Waals surface area contributed by atoms with Crippen molar-refractivity contribution in [1.82, 2.24) is 39.3 Å². The second-order valence-corrected chi connectivity index (χ2v) is 9.00. The van der Waals surface area contributed by atoms with Crippen LogP contribution in [0.5, 0.6) is 0 Å². The average Bonchev–Trinajstić information content (AvgIpc) is 3.64. The van der Waals surface area contributed by atoms with E-state index in [1.165, 1.54) is 0 Å². The number of aromatic nitrogens is 8. The van der Waals surface area contributed by atoms with Gasteiger partial charge in [0.2, 0.25) is 5.82 Å². The van der Waals surface area contributed by atoms with Crippen molar-refractivity contribution in [1.29, 1.82) is 0 Å². The van der Waals surface area contributed by atoms with Crippen LogP contribution in [-0.4, -0.2) is 39.3 Å². The number of unbranched alkanes of at least 4 members (excludes halogenated alkanes) is 1. The number of aromatic amines is 1. The lowest BCUT2D eigenvalue weighted by Crippen LogP contribution is -2.26. The van der Waals surface area contributed by atoms with Gasteiger partial charge in [0.1, 0.15) is 5.82 Å². The van der Waals surface area contributed by atoms with Crippen LogP contribution in [0.25, 0.3) is 28.3 Å². The number of benzene rings is 1. The van der Waals surface area contributed by atoms with Crippen molar-refractivity contribution in [3.05, 3.63) is 87.9 Å². The number of halogens is 1. The molecule has 184 valence electrons. The van der Waals surface area contributed by atoms with Crippen LogP contribution in [0.4, 0.5) is 0 Å². The Bertz CT molecular complexity index is 1530. The van der Waals surface area contributed by atoms with Crippen LogP contribution in [0, 0.1) is 0 Å². The third-order valence-corrected chi connectivity index (χ3v) is 6.53. The minimum Gasteiger partial charge on any atom is -0.333 e. The van der Waals surface area contributed by atoms with Gasteiger partial charge in [-0.3, -0.25) is 14.1 Å². The van der Waals surface area contributed by atoms with Gasteiger partial charge in [-0.15, -0.1) is 10.2 Å². The molecule has 9 nitrogen and oxygen atoms in total. The first-order chi connectivity index (χ1) is 17.6. The van der Waals surface area contributed by atoms with Gasteiger partial charge in [-0.1, -0.05) is 43.1 Å².